The number of hydrogen-bond donors (Lipinski definition) is 2. The molecule has 1 aliphatic rings. The van der Waals surface area contributed by atoms with Gasteiger partial charge in [0.2, 0.25) is 0 Å². The topological polar surface area (TPSA) is 102 Å². The van der Waals surface area contributed by atoms with Crippen LogP contribution in [0.4, 0.5) is 10.1 Å². The van der Waals surface area contributed by atoms with E-state index in [1.54, 1.807) is 12.1 Å². The molecule has 0 aromatic heterocycles. The molecule has 1 aliphatic carbocycles. The van der Waals surface area contributed by atoms with Crippen LogP contribution in [-0.2, 0) is 30.3 Å². The summed E-state index contributed by atoms with van der Waals surface area (Å²) < 4.78 is 41.1. The lowest BCUT2D eigenvalue weighted by molar-refractivity contribution is -0.136. The van der Waals surface area contributed by atoms with E-state index in [0.717, 1.165) is 23.4 Å². The smallest absolute Gasteiger partial charge is 0.313 e. The van der Waals surface area contributed by atoms with E-state index < -0.39 is 33.8 Å². The lowest BCUT2D eigenvalue weighted by Crippen LogP contribution is -2.40. The van der Waals surface area contributed by atoms with Crippen LogP contribution in [0.15, 0.2) is 42.5 Å². The minimum Gasteiger partial charge on any atom is -0.341 e. The molecule has 0 radical (unpaired) electrons. The van der Waals surface area contributed by atoms with E-state index in [1.165, 1.54) is 12.1 Å². The quantitative estimate of drug-likeness (QED) is 0.549. The summed E-state index contributed by atoms with van der Waals surface area (Å²) in [6.45, 7) is -0.136. The Morgan fingerprint density at radius 2 is 1.93 bits per heavy atom. The predicted octanol–water partition coefficient (Wildman–Crippen LogP) is 2.42. The lowest BCUT2D eigenvalue weighted by atomic mass is 10.0. The summed E-state index contributed by atoms with van der Waals surface area (Å²) in [5.41, 5.74) is 1.80. The van der Waals surface area contributed by atoms with Crippen molar-refractivity contribution >= 4 is 39.2 Å². The third-order valence-electron chi connectivity index (χ3n) is 4.51. The van der Waals surface area contributed by atoms with Crippen molar-refractivity contribution in [3.8, 4) is 0 Å². The second kappa shape index (κ2) is 8.48. The van der Waals surface area contributed by atoms with Crippen LogP contribution < -0.4 is 10.6 Å². The minimum atomic E-state index is -3.65. The molecule has 0 fully saturated rings. The zero-order chi connectivity index (χ0) is 21.2. The van der Waals surface area contributed by atoms with Crippen molar-refractivity contribution in [3.63, 3.8) is 0 Å². The molecular formula is C19H18ClFN2O5S. The maximum Gasteiger partial charge on any atom is 0.313 e. The first-order valence-corrected chi connectivity index (χ1v) is 10.8. The van der Waals surface area contributed by atoms with Gasteiger partial charge in [-0.15, -0.1) is 0 Å². The highest BCUT2D eigenvalue weighted by Crippen LogP contribution is 2.36. The van der Waals surface area contributed by atoms with Crippen molar-refractivity contribution in [3.05, 3.63) is 64.4 Å². The molecule has 29 heavy (non-hydrogen) atoms. The Hall–Kier alpha value is -2.49. The second-order valence-electron chi connectivity index (χ2n) is 6.69. The van der Waals surface area contributed by atoms with Crippen molar-refractivity contribution in [1.82, 2.24) is 5.32 Å². The molecule has 2 amide bonds. The Balaban J connectivity index is 1.73. The number of carbonyl (C=O) groups is 2. The average molecular weight is 441 g/mol. The van der Waals surface area contributed by atoms with E-state index in [4.69, 9.17) is 15.8 Å². The van der Waals surface area contributed by atoms with Crippen molar-refractivity contribution in [2.75, 3.05) is 18.2 Å². The fourth-order valence-electron chi connectivity index (χ4n) is 3.21. The molecule has 10 heteroatoms. The first-order chi connectivity index (χ1) is 13.6. The van der Waals surface area contributed by atoms with E-state index in [2.05, 4.69) is 10.6 Å². The number of halogens is 2. The Bertz CT molecular complexity index is 1060. The van der Waals surface area contributed by atoms with Crippen molar-refractivity contribution in [2.24, 2.45) is 5.92 Å². The standard InChI is InChI=1S/C19H18ClFN2O5S/c1-29(26,27)28-10-12-8-11-4-2-3-5-14(11)17(12)23-19(25)18(24)22-13-6-7-15(20)16(21)9-13/h2-7,9,12,17H,8,10H2,1H3,(H,22,24)(H,23,25). The number of rotatable bonds is 5. The van der Waals surface area contributed by atoms with Crippen LogP contribution in [0, 0.1) is 11.7 Å². The minimum absolute atomic E-state index is 0.0795. The Morgan fingerprint density at radius 1 is 1.21 bits per heavy atom. The van der Waals surface area contributed by atoms with Crippen LogP contribution in [0.3, 0.4) is 0 Å². The molecule has 0 saturated heterocycles. The van der Waals surface area contributed by atoms with Gasteiger partial charge in [0.05, 0.1) is 23.9 Å². The highest BCUT2D eigenvalue weighted by molar-refractivity contribution is 7.85. The van der Waals surface area contributed by atoms with Gasteiger partial charge in [0, 0.05) is 11.6 Å². The maximum absolute atomic E-state index is 13.5. The number of carbonyl (C=O) groups excluding carboxylic acids is 2. The molecule has 0 saturated carbocycles. The number of nitrogens with one attached hydrogen (secondary N) is 2. The van der Waals surface area contributed by atoms with Crippen LogP contribution in [0.5, 0.6) is 0 Å². The zero-order valence-corrected chi connectivity index (χ0v) is 16.9. The summed E-state index contributed by atoms with van der Waals surface area (Å²) in [6, 6.07) is 10.3. The fraction of sp³-hybridized carbons (Fsp3) is 0.263. The van der Waals surface area contributed by atoms with Gasteiger partial charge >= 0.3 is 11.8 Å². The van der Waals surface area contributed by atoms with Crippen molar-refractivity contribution < 1.29 is 26.6 Å². The summed E-state index contributed by atoms with van der Waals surface area (Å²) in [4.78, 5) is 24.6. The predicted molar refractivity (Wildman–Crippen MR) is 105 cm³/mol. The molecule has 3 rings (SSSR count). The van der Waals surface area contributed by atoms with Gasteiger partial charge in [-0.2, -0.15) is 8.42 Å². The van der Waals surface area contributed by atoms with Gasteiger partial charge in [-0.3, -0.25) is 13.8 Å². The van der Waals surface area contributed by atoms with Crippen molar-refractivity contribution in [1.29, 1.82) is 0 Å². The number of hydrogen-bond acceptors (Lipinski definition) is 5. The molecule has 0 aliphatic heterocycles. The second-order valence-corrected chi connectivity index (χ2v) is 8.74. The molecule has 2 aromatic rings. The first-order valence-electron chi connectivity index (χ1n) is 8.63. The highest BCUT2D eigenvalue weighted by atomic mass is 35.5. The van der Waals surface area contributed by atoms with Gasteiger partial charge < -0.3 is 10.6 Å². The van der Waals surface area contributed by atoms with Crippen LogP contribution in [-0.4, -0.2) is 33.1 Å². The molecule has 2 unspecified atom stereocenters. The van der Waals surface area contributed by atoms with E-state index in [1.807, 2.05) is 12.1 Å². The van der Waals surface area contributed by atoms with Crippen LogP contribution in [0.2, 0.25) is 5.02 Å². The van der Waals surface area contributed by atoms with Crippen molar-refractivity contribution in [2.45, 2.75) is 12.5 Å². The normalized spacial score (nSPS) is 18.2. The van der Waals surface area contributed by atoms with Gasteiger partial charge in [0.15, 0.2) is 0 Å². The third kappa shape index (κ3) is 5.31. The summed E-state index contributed by atoms with van der Waals surface area (Å²) in [5, 5.41) is 4.82. The largest absolute Gasteiger partial charge is 0.341 e. The fourth-order valence-corrected chi connectivity index (χ4v) is 3.75. The zero-order valence-electron chi connectivity index (χ0n) is 15.3. The summed E-state index contributed by atoms with van der Waals surface area (Å²) in [6.07, 6.45) is 1.43. The van der Waals surface area contributed by atoms with Crippen LogP contribution in [0.25, 0.3) is 0 Å². The van der Waals surface area contributed by atoms with Gasteiger partial charge in [0.25, 0.3) is 10.1 Å². The SMILES string of the molecule is CS(=O)(=O)OCC1Cc2ccccc2C1NC(=O)C(=O)Nc1ccc(Cl)c(F)c1. The van der Waals surface area contributed by atoms with E-state index in [-0.39, 0.29) is 23.2 Å². The third-order valence-corrected chi connectivity index (χ3v) is 5.38. The van der Waals surface area contributed by atoms with Gasteiger partial charge in [-0.1, -0.05) is 35.9 Å². The molecule has 2 aromatic carbocycles. The molecule has 2 atom stereocenters. The number of amides is 2. The number of benzene rings is 2. The molecule has 0 bridgehead atoms. The van der Waals surface area contributed by atoms with Gasteiger partial charge in [0.1, 0.15) is 5.82 Å². The summed E-state index contributed by atoms with van der Waals surface area (Å²) >= 11 is 5.60. The maximum atomic E-state index is 13.5. The monoisotopic (exact) mass is 440 g/mol. The average Bonchev–Trinajstić information content (AvgIpc) is 3.00. The number of anilines is 1. The summed E-state index contributed by atoms with van der Waals surface area (Å²) in [5.74, 6) is -3.02. The van der Waals surface area contributed by atoms with Gasteiger partial charge in [-0.25, -0.2) is 4.39 Å². The molecule has 2 N–H and O–H groups in total. The molecular weight excluding hydrogens is 423 g/mol. The molecule has 0 heterocycles. The van der Waals surface area contributed by atoms with E-state index in [0.29, 0.717) is 6.42 Å². The molecule has 7 nitrogen and oxygen atoms in total. The Labute approximate surface area is 172 Å². The van der Waals surface area contributed by atoms with Gasteiger partial charge in [-0.05, 0) is 35.7 Å². The van der Waals surface area contributed by atoms with Crippen LogP contribution >= 0.6 is 11.6 Å². The first kappa shape index (κ1) is 21.2. The summed E-state index contributed by atoms with van der Waals surface area (Å²) in [7, 11) is -3.65. The van der Waals surface area contributed by atoms with E-state index >= 15 is 0 Å². The van der Waals surface area contributed by atoms with E-state index in [9.17, 15) is 22.4 Å². The number of fused-ring (bicyclic) bond motifs is 1. The molecule has 0 spiro atoms. The Morgan fingerprint density at radius 3 is 2.62 bits per heavy atom. The Kier molecular flexibility index (Phi) is 6.21. The lowest BCUT2D eigenvalue weighted by Gasteiger charge is -2.21. The highest BCUT2D eigenvalue weighted by Gasteiger charge is 2.35. The molecule has 154 valence electrons. The van der Waals surface area contributed by atoms with Crippen LogP contribution in [0.1, 0.15) is 17.2 Å².